The summed E-state index contributed by atoms with van der Waals surface area (Å²) in [7, 11) is 0. The van der Waals surface area contributed by atoms with Crippen molar-refractivity contribution in [2.24, 2.45) is 0 Å². The molecule has 0 aromatic rings. The Morgan fingerprint density at radius 3 is 1.93 bits per heavy atom. The quantitative estimate of drug-likeness (QED) is 0.314. The molecule has 1 radical (unpaired) electrons. The maximum absolute atomic E-state index is 10.4. The molecule has 0 aromatic carbocycles. The average Bonchev–Trinajstić information content (AvgIpc) is 2.07. The van der Waals surface area contributed by atoms with Crippen LogP contribution in [0.15, 0.2) is 0 Å². The minimum Gasteiger partial charge on any atom is -0.479 e. The van der Waals surface area contributed by atoms with Crippen molar-refractivity contribution in [1.29, 1.82) is 0 Å². The molecule has 1 aliphatic rings. The van der Waals surface area contributed by atoms with Crippen molar-refractivity contribution in [3.05, 3.63) is 0 Å². The molecule has 7 nitrogen and oxygen atoms in total. The largest absolute Gasteiger partial charge is 0.479 e. The van der Waals surface area contributed by atoms with E-state index in [4.69, 9.17) is 25.5 Å². The first-order valence-electron chi connectivity index (χ1n) is 3.55. The van der Waals surface area contributed by atoms with Crippen LogP contribution in [0.2, 0.25) is 0 Å². The number of hydrogen-bond acceptors (Lipinski definition) is 6. The second-order valence-corrected chi connectivity index (χ2v) is 2.76. The van der Waals surface area contributed by atoms with Crippen LogP contribution >= 0.6 is 0 Å². The molecule has 0 saturated carbocycles. The molecular formula is C6H10CuO7. The Morgan fingerprint density at radius 2 is 1.50 bits per heavy atom. The first-order chi connectivity index (χ1) is 5.95. The Labute approximate surface area is 89.4 Å². The van der Waals surface area contributed by atoms with Gasteiger partial charge in [0.2, 0.25) is 0 Å². The minimum absolute atomic E-state index is 0. The number of aliphatic hydroxyl groups is 4. The predicted molar refractivity (Wildman–Crippen MR) is 36.5 cm³/mol. The van der Waals surface area contributed by atoms with Crippen LogP contribution in [0, 0.1) is 0 Å². The van der Waals surface area contributed by atoms with Crippen molar-refractivity contribution >= 4 is 5.97 Å². The number of hydrogen-bond donors (Lipinski definition) is 5. The number of carboxylic acids is 1. The molecule has 8 heteroatoms. The first-order valence-corrected chi connectivity index (χ1v) is 3.55. The van der Waals surface area contributed by atoms with Crippen molar-refractivity contribution in [1.82, 2.24) is 0 Å². The summed E-state index contributed by atoms with van der Waals surface area (Å²) in [6.45, 7) is 0. The van der Waals surface area contributed by atoms with E-state index in [0.717, 1.165) is 0 Å². The van der Waals surface area contributed by atoms with E-state index in [1.54, 1.807) is 0 Å². The number of rotatable bonds is 1. The average molecular weight is 258 g/mol. The second-order valence-electron chi connectivity index (χ2n) is 2.76. The van der Waals surface area contributed by atoms with E-state index in [1.165, 1.54) is 0 Å². The number of carbonyl (C=O) groups is 1. The van der Waals surface area contributed by atoms with Crippen molar-refractivity contribution < 1.29 is 52.1 Å². The van der Waals surface area contributed by atoms with Gasteiger partial charge in [-0.3, -0.25) is 0 Å². The van der Waals surface area contributed by atoms with Gasteiger partial charge < -0.3 is 30.3 Å². The summed E-state index contributed by atoms with van der Waals surface area (Å²) < 4.78 is 4.34. The maximum atomic E-state index is 10.4. The Kier molecular flexibility index (Phi) is 4.96. The Morgan fingerprint density at radius 1 is 1.00 bits per heavy atom. The van der Waals surface area contributed by atoms with Crippen LogP contribution in [0.3, 0.4) is 0 Å². The molecule has 0 amide bonds. The number of aliphatic hydroxyl groups excluding tert-OH is 4. The van der Waals surface area contributed by atoms with Gasteiger partial charge in [-0.25, -0.2) is 4.79 Å². The van der Waals surface area contributed by atoms with E-state index in [-0.39, 0.29) is 17.1 Å². The van der Waals surface area contributed by atoms with Crippen LogP contribution in [0.4, 0.5) is 0 Å². The topological polar surface area (TPSA) is 127 Å². The molecule has 1 aliphatic heterocycles. The number of carboxylic acid groups (broad SMARTS) is 1. The predicted octanol–water partition coefficient (Wildman–Crippen LogP) is -3.13. The first kappa shape index (κ1) is 13.8. The molecule has 1 heterocycles. The third kappa shape index (κ3) is 2.43. The molecule has 5 N–H and O–H groups in total. The molecule has 0 spiro atoms. The summed E-state index contributed by atoms with van der Waals surface area (Å²) in [5.74, 6) is -1.52. The van der Waals surface area contributed by atoms with Gasteiger partial charge in [-0.1, -0.05) is 0 Å². The third-order valence-electron chi connectivity index (χ3n) is 1.83. The van der Waals surface area contributed by atoms with Gasteiger partial charge in [-0.05, 0) is 0 Å². The van der Waals surface area contributed by atoms with E-state index in [2.05, 4.69) is 4.74 Å². The fraction of sp³-hybridized carbons (Fsp3) is 0.833. The van der Waals surface area contributed by atoms with E-state index in [9.17, 15) is 4.79 Å². The Balaban J connectivity index is 0.00000169. The Bertz CT molecular complexity index is 210. The van der Waals surface area contributed by atoms with Crippen LogP contribution < -0.4 is 0 Å². The SMILES string of the molecule is O=C(O)[C@H]1OC(O)[C@H](O)C(O)C1O.[Cu]. The number of ether oxygens (including phenoxy) is 1. The van der Waals surface area contributed by atoms with E-state index in [0.29, 0.717) is 0 Å². The smallest absolute Gasteiger partial charge is 0.335 e. The van der Waals surface area contributed by atoms with E-state index in [1.807, 2.05) is 0 Å². The fourth-order valence-corrected chi connectivity index (χ4v) is 1.07. The van der Waals surface area contributed by atoms with Gasteiger partial charge in [0, 0.05) is 17.1 Å². The molecule has 0 aromatic heterocycles. The zero-order valence-electron chi connectivity index (χ0n) is 6.74. The third-order valence-corrected chi connectivity index (χ3v) is 1.83. The minimum atomic E-state index is -1.81. The van der Waals surface area contributed by atoms with E-state index >= 15 is 0 Å². The van der Waals surface area contributed by atoms with Gasteiger partial charge in [0.15, 0.2) is 12.4 Å². The van der Waals surface area contributed by atoms with Crippen LogP contribution in [0.5, 0.6) is 0 Å². The molecule has 1 rings (SSSR count). The Hall–Kier alpha value is -0.211. The normalized spacial score (nSPS) is 42.7. The summed E-state index contributed by atoms with van der Waals surface area (Å²) in [5.41, 5.74) is 0. The van der Waals surface area contributed by atoms with Crippen molar-refractivity contribution in [3.8, 4) is 0 Å². The molecule has 1 saturated heterocycles. The molecule has 3 unspecified atom stereocenters. The van der Waals surface area contributed by atoms with Crippen molar-refractivity contribution in [2.75, 3.05) is 0 Å². The fourth-order valence-electron chi connectivity index (χ4n) is 1.07. The second kappa shape index (κ2) is 5.04. The van der Waals surface area contributed by atoms with Crippen LogP contribution in [0.25, 0.3) is 0 Å². The van der Waals surface area contributed by atoms with Gasteiger partial charge in [0.25, 0.3) is 0 Å². The van der Waals surface area contributed by atoms with Crippen LogP contribution in [-0.4, -0.2) is 62.2 Å². The van der Waals surface area contributed by atoms with Crippen molar-refractivity contribution in [2.45, 2.75) is 30.7 Å². The standard InChI is InChI=1S/C6H10O7.Cu/c7-1-2(8)4(5(10)11)13-6(12)3(1)9;/h1-4,6-9,12H,(H,10,11);/t1?,2?,3-,4+,6?;/m1./s1. The molecule has 0 bridgehead atoms. The summed E-state index contributed by atoms with van der Waals surface area (Å²) in [4.78, 5) is 10.4. The van der Waals surface area contributed by atoms with Crippen LogP contribution in [0.1, 0.15) is 0 Å². The van der Waals surface area contributed by atoms with Gasteiger partial charge in [0.05, 0.1) is 0 Å². The zero-order chi connectivity index (χ0) is 10.2. The molecule has 0 aliphatic carbocycles. The van der Waals surface area contributed by atoms with Gasteiger partial charge in [-0.2, -0.15) is 0 Å². The molecule has 1 fully saturated rings. The maximum Gasteiger partial charge on any atom is 0.335 e. The monoisotopic (exact) mass is 257 g/mol. The molecular weight excluding hydrogens is 248 g/mol. The zero-order valence-corrected chi connectivity index (χ0v) is 7.68. The van der Waals surface area contributed by atoms with Crippen LogP contribution in [-0.2, 0) is 26.6 Å². The van der Waals surface area contributed by atoms with Gasteiger partial charge in [-0.15, -0.1) is 0 Å². The van der Waals surface area contributed by atoms with Gasteiger partial charge in [0.1, 0.15) is 18.3 Å². The van der Waals surface area contributed by atoms with Gasteiger partial charge >= 0.3 is 5.97 Å². The molecule has 5 atom stereocenters. The summed E-state index contributed by atoms with van der Waals surface area (Å²) in [5, 5.41) is 44.4. The summed E-state index contributed by atoms with van der Waals surface area (Å²) in [6.07, 6.45) is -8.72. The van der Waals surface area contributed by atoms with Crippen molar-refractivity contribution in [3.63, 3.8) is 0 Å². The molecule has 14 heavy (non-hydrogen) atoms. The van der Waals surface area contributed by atoms with E-state index < -0.39 is 36.7 Å². The summed E-state index contributed by atoms with van der Waals surface area (Å²) >= 11 is 0. The molecule has 87 valence electrons. The summed E-state index contributed by atoms with van der Waals surface area (Å²) in [6, 6.07) is 0. The number of aliphatic carboxylic acids is 1.